The molecule has 0 aromatic heterocycles. The maximum atomic E-state index is 11.1. The molecule has 0 saturated carbocycles. The summed E-state index contributed by atoms with van der Waals surface area (Å²) in [6, 6.07) is 7.22. The van der Waals surface area contributed by atoms with Gasteiger partial charge in [-0.1, -0.05) is 29.7 Å². The van der Waals surface area contributed by atoms with E-state index in [0.29, 0.717) is 5.02 Å². The molecule has 1 aromatic carbocycles. The van der Waals surface area contributed by atoms with Gasteiger partial charge in [-0.25, -0.2) is 0 Å². The number of carbonyl (C=O) groups excluding carboxylic acids is 1. The van der Waals surface area contributed by atoms with Crippen molar-refractivity contribution in [3.63, 3.8) is 0 Å². The Morgan fingerprint density at radius 2 is 2.40 bits per heavy atom. The average molecular weight is 220 g/mol. The van der Waals surface area contributed by atoms with Crippen molar-refractivity contribution in [2.75, 3.05) is 6.54 Å². The van der Waals surface area contributed by atoms with Gasteiger partial charge in [0.05, 0.1) is 6.54 Å². The van der Waals surface area contributed by atoms with E-state index in [1.54, 1.807) is 18.2 Å². The summed E-state index contributed by atoms with van der Waals surface area (Å²) in [5.41, 5.74) is 0.873. The smallest absolute Gasteiger partial charge is 0.244 e. The van der Waals surface area contributed by atoms with Gasteiger partial charge in [-0.2, -0.15) is 0 Å². The van der Waals surface area contributed by atoms with Crippen molar-refractivity contribution in [2.45, 2.75) is 0 Å². The minimum atomic E-state index is -0.215. The molecule has 0 aliphatic carbocycles. The van der Waals surface area contributed by atoms with Crippen molar-refractivity contribution in [1.29, 1.82) is 0 Å². The fourth-order valence-corrected chi connectivity index (χ4v) is 1.18. The van der Waals surface area contributed by atoms with Crippen LogP contribution < -0.4 is 5.32 Å². The molecule has 0 saturated heterocycles. The molecule has 15 heavy (non-hydrogen) atoms. The fraction of sp³-hybridized carbons (Fsp3) is 0.0833. The average Bonchev–Trinajstić information content (AvgIpc) is 2.23. The third-order valence-corrected chi connectivity index (χ3v) is 1.88. The molecule has 3 heteroatoms. The number of hydrogen-bond donors (Lipinski definition) is 1. The first kappa shape index (κ1) is 11.4. The monoisotopic (exact) mass is 219 g/mol. The zero-order valence-electron chi connectivity index (χ0n) is 8.03. The number of halogens is 1. The van der Waals surface area contributed by atoms with Crippen LogP contribution in [0, 0.1) is 12.3 Å². The largest absolute Gasteiger partial charge is 0.342 e. The number of carbonyl (C=O) groups is 1. The van der Waals surface area contributed by atoms with Crippen molar-refractivity contribution in [2.24, 2.45) is 0 Å². The van der Waals surface area contributed by atoms with Gasteiger partial charge in [0.2, 0.25) is 5.91 Å². The second kappa shape index (κ2) is 5.90. The van der Waals surface area contributed by atoms with Crippen molar-refractivity contribution in [3.8, 4) is 12.3 Å². The van der Waals surface area contributed by atoms with Crippen LogP contribution in [0.3, 0.4) is 0 Å². The molecule has 0 aliphatic heterocycles. The van der Waals surface area contributed by atoms with Crippen LogP contribution in [0.25, 0.3) is 6.08 Å². The predicted octanol–water partition coefficient (Wildman–Crippen LogP) is 2.10. The van der Waals surface area contributed by atoms with Gasteiger partial charge in [0, 0.05) is 11.1 Å². The predicted molar refractivity (Wildman–Crippen MR) is 62.3 cm³/mol. The molecule has 1 rings (SSSR count). The summed E-state index contributed by atoms with van der Waals surface area (Å²) in [7, 11) is 0. The van der Waals surface area contributed by atoms with Gasteiger partial charge in [-0.3, -0.25) is 4.79 Å². The van der Waals surface area contributed by atoms with E-state index in [2.05, 4.69) is 11.2 Å². The van der Waals surface area contributed by atoms with Gasteiger partial charge in [0.25, 0.3) is 0 Å². The molecule has 0 unspecified atom stereocenters. The van der Waals surface area contributed by atoms with Crippen LogP contribution in [-0.2, 0) is 4.79 Å². The second-order valence-electron chi connectivity index (χ2n) is 2.81. The second-order valence-corrected chi connectivity index (χ2v) is 3.25. The first-order valence-corrected chi connectivity index (χ1v) is 4.75. The highest BCUT2D eigenvalue weighted by Gasteiger charge is 1.93. The number of rotatable bonds is 3. The Kier molecular flexibility index (Phi) is 4.46. The summed E-state index contributed by atoms with van der Waals surface area (Å²) in [6.45, 7) is 0.235. The highest BCUT2D eigenvalue weighted by Crippen LogP contribution is 2.11. The highest BCUT2D eigenvalue weighted by molar-refractivity contribution is 6.30. The Hall–Kier alpha value is -1.72. The Balaban J connectivity index is 2.58. The van der Waals surface area contributed by atoms with Crippen molar-refractivity contribution in [3.05, 3.63) is 40.9 Å². The van der Waals surface area contributed by atoms with Gasteiger partial charge >= 0.3 is 0 Å². The van der Waals surface area contributed by atoms with Crippen molar-refractivity contribution in [1.82, 2.24) is 5.32 Å². The highest BCUT2D eigenvalue weighted by atomic mass is 35.5. The number of benzene rings is 1. The molecule has 0 heterocycles. The number of hydrogen-bond acceptors (Lipinski definition) is 1. The van der Waals surface area contributed by atoms with Gasteiger partial charge in [0.15, 0.2) is 0 Å². The van der Waals surface area contributed by atoms with Crippen molar-refractivity contribution >= 4 is 23.6 Å². The minimum absolute atomic E-state index is 0.215. The van der Waals surface area contributed by atoms with Gasteiger partial charge in [0.1, 0.15) is 0 Å². The number of amides is 1. The van der Waals surface area contributed by atoms with Crippen LogP contribution >= 0.6 is 11.6 Å². The van der Waals surface area contributed by atoms with Gasteiger partial charge in [-0.15, -0.1) is 6.42 Å². The lowest BCUT2D eigenvalue weighted by molar-refractivity contribution is -0.116. The summed E-state index contributed by atoms with van der Waals surface area (Å²) < 4.78 is 0. The van der Waals surface area contributed by atoms with Crippen LogP contribution in [0.5, 0.6) is 0 Å². The zero-order chi connectivity index (χ0) is 11.1. The molecule has 1 N–H and O–H groups in total. The lowest BCUT2D eigenvalue weighted by Crippen LogP contribution is -2.20. The van der Waals surface area contributed by atoms with E-state index in [1.807, 2.05) is 12.1 Å². The van der Waals surface area contributed by atoms with E-state index < -0.39 is 0 Å². The fourth-order valence-electron chi connectivity index (χ4n) is 0.979. The maximum absolute atomic E-state index is 11.1. The third kappa shape index (κ3) is 4.35. The number of nitrogens with one attached hydrogen (secondary N) is 1. The standard InChI is InChI=1S/C12H10ClNO/c1-2-8-14-12(15)7-6-10-4-3-5-11(13)9-10/h1,3-7,9H,8H2,(H,14,15)/b7-6+. The van der Waals surface area contributed by atoms with E-state index in [1.165, 1.54) is 6.08 Å². The lowest BCUT2D eigenvalue weighted by Gasteiger charge is -1.95. The Bertz CT molecular complexity index is 418. The van der Waals surface area contributed by atoms with E-state index in [4.69, 9.17) is 18.0 Å². The normalized spacial score (nSPS) is 9.87. The van der Waals surface area contributed by atoms with Crippen LogP contribution in [0.2, 0.25) is 5.02 Å². The molecule has 1 amide bonds. The molecule has 2 nitrogen and oxygen atoms in total. The minimum Gasteiger partial charge on any atom is -0.342 e. The Morgan fingerprint density at radius 3 is 3.07 bits per heavy atom. The van der Waals surface area contributed by atoms with E-state index in [-0.39, 0.29) is 12.5 Å². The molecule has 0 spiro atoms. The van der Waals surface area contributed by atoms with Crippen LogP contribution in [0.15, 0.2) is 30.3 Å². The molecule has 0 radical (unpaired) electrons. The summed E-state index contributed by atoms with van der Waals surface area (Å²) in [4.78, 5) is 11.1. The quantitative estimate of drug-likeness (QED) is 0.612. The Labute approximate surface area is 93.9 Å². The zero-order valence-corrected chi connectivity index (χ0v) is 8.79. The molecule has 0 aliphatic rings. The Morgan fingerprint density at radius 1 is 1.60 bits per heavy atom. The molecule has 76 valence electrons. The lowest BCUT2D eigenvalue weighted by atomic mass is 10.2. The van der Waals surface area contributed by atoms with Crippen LogP contribution in [0.4, 0.5) is 0 Å². The number of terminal acetylenes is 1. The van der Waals surface area contributed by atoms with Crippen molar-refractivity contribution < 1.29 is 4.79 Å². The first-order chi connectivity index (χ1) is 7.22. The third-order valence-electron chi connectivity index (χ3n) is 1.64. The van der Waals surface area contributed by atoms with Gasteiger partial charge in [-0.05, 0) is 23.8 Å². The summed E-state index contributed by atoms with van der Waals surface area (Å²) >= 11 is 5.78. The molecule has 1 aromatic rings. The molecular weight excluding hydrogens is 210 g/mol. The first-order valence-electron chi connectivity index (χ1n) is 4.37. The molecule has 0 fully saturated rings. The molecular formula is C12H10ClNO. The maximum Gasteiger partial charge on any atom is 0.244 e. The van der Waals surface area contributed by atoms with Crippen LogP contribution in [-0.4, -0.2) is 12.5 Å². The summed E-state index contributed by atoms with van der Waals surface area (Å²) in [5, 5.41) is 3.16. The summed E-state index contributed by atoms with van der Waals surface area (Å²) in [6.07, 6.45) is 8.10. The molecule has 0 atom stereocenters. The van der Waals surface area contributed by atoms with E-state index in [0.717, 1.165) is 5.56 Å². The summed E-state index contributed by atoms with van der Waals surface area (Å²) in [5.74, 6) is 2.10. The van der Waals surface area contributed by atoms with Gasteiger partial charge < -0.3 is 5.32 Å². The van der Waals surface area contributed by atoms with E-state index in [9.17, 15) is 4.79 Å². The molecule has 0 bridgehead atoms. The van der Waals surface area contributed by atoms with E-state index >= 15 is 0 Å². The topological polar surface area (TPSA) is 29.1 Å². The SMILES string of the molecule is C#CCNC(=O)/C=C/c1cccc(Cl)c1. The van der Waals surface area contributed by atoms with Crippen LogP contribution in [0.1, 0.15) is 5.56 Å².